The van der Waals surface area contributed by atoms with Gasteiger partial charge in [-0.25, -0.2) is 9.78 Å². The van der Waals surface area contributed by atoms with Crippen LogP contribution in [0.5, 0.6) is 11.5 Å². The molecule has 7 nitrogen and oxygen atoms in total. The van der Waals surface area contributed by atoms with E-state index >= 15 is 0 Å². The van der Waals surface area contributed by atoms with Gasteiger partial charge in [0, 0.05) is 11.1 Å². The van der Waals surface area contributed by atoms with Gasteiger partial charge in [0.2, 0.25) is 0 Å². The lowest BCUT2D eigenvalue weighted by molar-refractivity contribution is 0.0696. The first kappa shape index (κ1) is 22.0. The standard InChI is InChI=1S/C25H20N2O5S/c1-31-19-10-7-17(8-11-19)24(28)27-23-22(33-15-26-23)20-12-9-18(25(29)30)13-21(20)32-14-16-5-3-2-4-6-16/h2-13,15H,14H2,1H3,(H,27,28)(H,29,30). The van der Waals surface area contributed by atoms with Gasteiger partial charge in [0.25, 0.3) is 5.91 Å². The number of ether oxygens (including phenoxy) is 2. The van der Waals surface area contributed by atoms with Crippen LogP contribution in [0, 0.1) is 0 Å². The number of nitrogens with zero attached hydrogens (tertiary/aromatic N) is 1. The van der Waals surface area contributed by atoms with Crippen molar-refractivity contribution in [1.82, 2.24) is 4.98 Å². The predicted octanol–water partition coefficient (Wildman–Crippen LogP) is 5.35. The molecule has 0 aliphatic carbocycles. The molecule has 0 aliphatic rings. The lowest BCUT2D eigenvalue weighted by Crippen LogP contribution is -2.12. The lowest BCUT2D eigenvalue weighted by atomic mass is 10.1. The summed E-state index contributed by atoms with van der Waals surface area (Å²) in [7, 11) is 1.56. The number of carbonyl (C=O) groups is 2. The largest absolute Gasteiger partial charge is 0.497 e. The minimum Gasteiger partial charge on any atom is -0.497 e. The highest BCUT2D eigenvalue weighted by molar-refractivity contribution is 7.14. The van der Waals surface area contributed by atoms with Gasteiger partial charge < -0.3 is 19.9 Å². The zero-order valence-electron chi connectivity index (χ0n) is 17.6. The van der Waals surface area contributed by atoms with Crippen LogP contribution in [-0.2, 0) is 6.61 Å². The van der Waals surface area contributed by atoms with E-state index in [4.69, 9.17) is 9.47 Å². The Balaban J connectivity index is 1.62. The predicted molar refractivity (Wildman–Crippen MR) is 126 cm³/mol. The molecule has 33 heavy (non-hydrogen) atoms. The van der Waals surface area contributed by atoms with Gasteiger partial charge in [0.05, 0.1) is 23.1 Å². The van der Waals surface area contributed by atoms with Gasteiger partial charge in [0.1, 0.15) is 18.1 Å². The van der Waals surface area contributed by atoms with Crippen molar-refractivity contribution in [3.63, 3.8) is 0 Å². The van der Waals surface area contributed by atoms with E-state index in [0.717, 1.165) is 5.56 Å². The van der Waals surface area contributed by atoms with Crippen LogP contribution in [0.25, 0.3) is 10.4 Å². The Morgan fingerprint density at radius 2 is 1.73 bits per heavy atom. The molecule has 0 saturated heterocycles. The van der Waals surface area contributed by atoms with E-state index < -0.39 is 5.97 Å². The number of hydrogen-bond donors (Lipinski definition) is 2. The van der Waals surface area contributed by atoms with Crippen LogP contribution in [0.2, 0.25) is 0 Å². The number of anilines is 1. The van der Waals surface area contributed by atoms with Crippen molar-refractivity contribution in [3.05, 3.63) is 95.0 Å². The topological polar surface area (TPSA) is 97.8 Å². The van der Waals surface area contributed by atoms with E-state index in [1.165, 1.54) is 23.5 Å². The number of amides is 1. The molecule has 8 heteroatoms. The number of methoxy groups -OCH3 is 1. The quantitative estimate of drug-likeness (QED) is 0.368. The first-order chi connectivity index (χ1) is 16.0. The lowest BCUT2D eigenvalue weighted by Gasteiger charge is -2.13. The molecule has 0 bridgehead atoms. The number of thiazole rings is 1. The van der Waals surface area contributed by atoms with Gasteiger partial charge in [-0.1, -0.05) is 30.3 Å². The minimum atomic E-state index is -1.05. The van der Waals surface area contributed by atoms with Gasteiger partial charge in [0.15, 0.2) is 5.82 Å². The molecule has 4 rings (SSSR count). The number of aromatic carboxylic acids is 1. The molecule has 1 heterocycles. The van der Waals surface area contributed by atoms with Crippen molar-refractivity contribution >= 4 is 29.0 Å². The van der Waals surface area contributed by atoms with Crippen molar-refractivity contribution in [1.29, 1.82) is 0 Å². The maximum absolute atomic E-state index is 12.7. The highest BCUT2D eigenvalue weighted by atomic mass is 32.1. The van der Waals surface area contributed by atoms with Crippen LogP contribution in [0.15, 0.2) is 78.3 Å². The highest BCUT2D eigenvalue weighted by Crippen LogP contribution is 2.39. The van der Waals surface area contributed by atoms with E-state index in [-0.39, 0.29) is 18.1 Å². The third-order valence-corrected chi connectivity index (χ3v) is 5.72. The number of nitrogens with one attached hydrogen (secondary N) is 1. The summed E-state index contributed by atoms with van der Waals surface area (Å²) < 4.78 is 11.1. The van der Waals surface area contributed by atoms with E-state index in [1.807, 2.05) is 30.3 Å². The smallest absolute Gasteiger partial charge is 0.335 e. The number of benzene rings is 3. The third kappa shape index (κ3) is 5.19. The minimum absolute atomic E-state index is 0.107. The first-order valence-corrected chi connectivity index (χ1v) is 10.9. The second kappa shape index (κ2) is 9.97. The zero-order chi connectivity index (χ0) is 23.2. The Morgan fingerprint density at radius 3 is 2.42 bits per heavy atom. The maximum atomic E-state index is 12.7. The van der Waals surface area contributed by atoms with Crippen molar-refractivity contribution in [2.24, 2.45) is 0 Å². The summed E-state index contributed by atoms with van der Waals surface area (Å²) in [5.74, 6) is 0.0400. The molecule has 0 fully saturated rings. The molecule has 2 N–H and O–H groups in total. The van der Waals surface area contributed by atoms with Gasteiger partial charge >= 0.3 is 5.97 Å². The van der Waals surface area contributed by atoms with E-state index in [9.17, 15) is 14.7 Å². The summed E-state index contributed by atoms with van der Waals surface area (Å²) in [6.45, 7) is 0.267. The summed E-state index contributed by atoms with van der Waals surface area (Å²) in [4.78, 5) is 29.2. The molecule has 3 aromatic carbocycles. The SMILES string of the molecule is COc1ccc(C(=O)Nc2ncsc2-c2ccc(C(=O)O)cc2OCc2ccccc2)cc1. The van der Waals surface area contributed by atoms with Crippen LogP contribution >= 0.6 is 11.3 Å². The van der Waals surface area contributed by atoms with Crippen molar-refractivity contribution in [2.45, 2.75) is 6.61 Å². The molecule has 1 amide bonds. The molecule has 4 aromatic rings. The summed E-state index contributed by atoms with van der Waals surface area (Å²) in [6, 6.07) is 21.0. The molecule has 0 spiro atoms. The normalized spacial score (nSPS) is 10.5. The van der Waals surface area contributed by atoms with Crippen molar-refractivity contribution in [3.8, 4) is 21.9 Å². The number of rotatable bonds is 8. The van der Waals surface area contributed by atoms with Crippen LogP contribution in [-0.4, -0.2) is 29.1 Å². The van der Waals surface area contributed by atoms with Crippen LogP contribution in [0.4, 0.5) is 5.82 Å². The summed E-state index contributed by atoms with van der Waals surface area (Å²) in [5.41, 5.74) is 3.77. The Bertz CT molecular complexity index is 1270. The van der Waals surface area contributed by atoms with E-state index in [0.29, 0.717) is 33.3 Å². The fourth-order valence-electron chi connectivity index (χ4n) is 3.15. The second-order valence-electron chi connectivity index (χ2n) is 7.00. The molecule has 0 atom stereocenters. The molecular weight excluding hydrogens is 440 g/mol. The maximum Gasteiger partial charge on any atom is 0.335 e. The van der Waals surface area contributed by atoms with E-state index in [1.54, 1.807) is 43.0 Å². The first-order valence-electron chi connectivity index (χ1n) is 9.98. The molecule has 0 aliphatic heterocycles. The molecule has 166 valence electrons. The summed E-state index contributed by atoms with van der Waals surface area (Å²) in [5, 5.41) is 12.3. The zero-order valence-corrected chi connectivity index (χ0v) is 18.5. The van der Waals surface area contributed by atoms with Gasteiger partial charge in [-0.2, -0.15) is 0 Å². The summed E-state index contributed by atoms with van der Waals surface area (Å²) in [6.07, 6.45) is 0. The Labute approximate surface area is 194 Å². The van der Waals surface area contributed by atoms with Gasteiger partial charge in [-0.3, -0.25) is 4.79 Å². The van der Waals surface area contributed by atoms with Gasteiger partial charge in [-0.05, 0) is 48.0 Å². The average molecular weight is 461 g/mol. The Morgan fingerprint density at radius 1 is 1.00 bits per heavy atom. The molecular formula is C25H20N2O5S. The third-order valence-electron chi connectivity index (χ3n) is 4.86. The Kier molecular flexibility index (Phi) is 6.66. The molecule has 1 aromatic heterocycles. The number of carboxylic acids is 1. The summed E-state index contributed by atoms with van der Waals surface area (Å²) >= 11 is 1.32. The Hall–Kier alpha value is -4.17. The second-order valence-corrected chi connectivity index (χ2v) is 7.86. The number of hydrogen-bond acceptors (Lipinski definition) is 6. The molecule has 0 radical (unpaired) electrons. The molecule has 0 saturated carbocycles. The van der Waals surface area contributed by atoms with Crippen molar-refractivity contribution < 1.29 is 24.2 Å². The van der Waals surface area contributed by atoms with Gasteiger partial charge in [-0.15, -0.1) is 11.3 Å². The van der Waals surface area contributed by atoms with E-state index in [2.05, 4.69) is 10.3 Å². The molecule has 0 unspecified atom stereocenters. The number of aromatic nitrogens is 1. The van der Waals surface area contributed by atoms with Crippen LogP contribution in [0.3, 0.4) is 0 Å². The number of carboxylic acid groups (broad SMARTS) is 1. The highest BCUT2D eigenvalue weighted by Gasteiger charge is 2.18. The van der Waals surface area contributed by atoms with Crippen molar-refractivity contribution in [2.75, 3.05) is 12.4 Å². The number of carbonyl (C=O) groups excluding carboxylic acids is 1. The van der Waals surface area contributed by atoms with Crippen LogP contribution in [0.1, 0.15) is 26.3 Å². The average Bonchev–Trinajstić information content (AvgIpc) is 3.31. The fraction of sp³-hybridized carbons (Fsp3) is 0.0800. The fourth-order valence-corrected chi connectivity index (χ4v) is 3.92. The van der Waals surface area contributed by atoms with Crippen LogP contribution < -0.4 is 14.8 Å². The monoisotopic (exact) mass is 460 g/mol.